The zero-order chi connectivity index (χ0) is 22.6. The van der Waals surface area contributed by atoms with Crippen LogP contribution in [-0.2, 0) is 16.8 Å². The van der Waals surface area contributed by atoms with E-state index in [2.05, 4.69) is 55.2 Å². The fraction of sp³-hybridized carbons (Fsp3) is 0.480. The Hall–Kier alpha value is -2.54. The fourth-order valence-electron chi connectivity index (χ4n) is 3.97. The molecule has 7 heteroatoms. The molecule has 0 aliphatic carbocycles. The van der Waals surface area contributed by atoms with Crippen molar-refractivity contribution in [3.05, 3.63) is 54.0 Å². The standard InChI is InChI=1S/C25H32N4O2S/c1-25(2,3)20-12-10-19(11-13-20)23-26-27-24(29(23)17-21-9-8-16-31-21)32-18-22(30)28-14-6-4-5-7-15-28/h8-13,16H,4-7,14-15,17-18H2,1-3H3. The van der Waals surface area contributed by atoms with Crippen molar-refractivity contribution in [1.82, 2.24) is 19.7 Å². The van der Waals surface area contributed by atoms with Crippen molar-refractivity contribution < 1.29 is 9.21 Å². The number of nitrogens with zero attached hydrogens (tertiary/aromatic N) is 4. The molecule has 170 valence electrons. The van der Waals surface area contributed by atoms with E-state index in [0.717, 1.165) is 48.2 Å². The highest BCUT2D eigenvalue weighted by molar-refractivity contribution is 7.99. The second kappa shape index (κ2) is 9.94. The molecule has 6 nitrogen and oxygen atoms in total. The van der Waals surface area contributed by atoms with E-state index in [-0.39, 0.29) is 11.3 Å². The summed E-state index contributed by atoms with van der Waals surface area (Å²) in [5.74, 6) is 2.17. The van der Waals surface area contributed by atoms with Crippen LogP contribution in [0.3, 0.4) is 0 Å². The number of thioether (sulfide) groups is 1. The number of benzene rings is 1. The number of furan rings is 1. The van der Waals surface area contributed by atoms with Crippen molar-refractivity contribution in [3.8, 4) is 11.4 Å². The summed E-state index contributed by atoms with van der Waals surface area (Å²) in [4.78, 5) is 14.8. The van der Waals surface area contributed by atoms with Gasteiger partial charge in [0.25, 0.3) is 0 Å². The molecular weight excluding hydrogens is 420 g/mol. The highest BCUT2D eigenvalue weighted by Crippen LogP contribution is 2.28. The highest BCUT2D eigenvalue weighted by Gasteiger charge is 2.21. The molecule has 0 bridgehead atoms. The lowest BCUT2D eigenvalue weighted by atomic mass is 9.87. The molecule has 0 unspecified atom stereocenters. The van der Waals surface area contributed by atoms with Crippen molar-refractivity contribution >= 4 is 17.7 Å². The lowest BCUT2D eigenvalue weighted by Gasteiger charge is -2.20. The minimum Gasteiger partial charge on any atom is -0.467 e. The quantitative estimate of drug-likeness (QED) is 0.470. The van der Waals surface area contributed by atoms with Gasteiger partial charge in [-0.05, 0) is 36.0 Å². The van der Waals surface area contributed by atoms with Gasteiger partial charge in [0.2, 0.25) is 5.91 Å². The molecule has 0 N–H and O–H groups in total. The Morgan fingerprint density at radius 3 is 2.38 bits per heavy atom. The summed E-state index contributed by atoms with van der Waals surface area (Å²) in [6.45, 7) is 8.87. The lowest BCUT2D eigenvalue weighted by molar-refractivity contribution is -0.128. The van der Waals surface area contributed by atoms with E-state index in [0.29, 0.717) is 12.3 Å². The normalized spacial score (nSPS) is 15.0. The first-order chi connectivity index (χ1) is 15.4. The van der Waals surface area contributed by atoms with Crippen LogP contribution in [0.1, 0.15) is 57.8 Å². The highest BCUT2D eigenvalue weighted by atomic mass is 32.2. The lowest BCUT2D eigenvalue weighted by Crippen LogP contribution is -2.33. The van der Waals surface area contributed by atoms with E-state index >= 15 is 0 Å². The fourth-order valence-corrected chi connectivity index (χ4v) is 4.81. The Morgan fingerprint density at radius 2 is 1.75 bits per heavy atom. The van der Waals surface area contributed by atoms with E-state index in [1.807, 2.05) is 21.6 Å². The first-order valence-electron chi connectivity index (χ1n) is 11.4. The predicted molar refractivity (Wildman–Crippen MR) is 128 cm³/mol. The number of likely N-dealkylation sites (tertiary alicyclic amines) is 1. The Morgan fingerprint density at radius 1 is 1.03 bits per heavy atom. The van der Waals surface area contributed by atoms with Crippen LogP contribution >= 0.6 is 11.8 Å². The molecule has 0 saturated carbocycles. The van der Waals surface area contributed by atoms with Crippen molar-refractivity contribution in [2.75, 3.05) is 18.8 Å². The molecule has 1 fully saturated rings. The molecule has 1 amide bonds. The van der Waals surface area contributed by atoms with Crippen LogP contribution in [0.15, 0.2) is 52.2 Å². The van der Waals surface area contributed by atoms with Crippen LogP contribution in [0.25, 0.3) is 11.4 Å². The predicted octanol–water partition coefficient (Wildman–Crippen LogP) is 5.38. The third kappa shape index (κ3) is 5.44. The van der Waals surface area contributed by atoms with E-state index in [1.54, 1.807) is 6.26 Å². The maximum atomic E-state index is 12.8. The third-order valence-electron chi connectivity index (χ3n) is 5.90. The Bertz CT molecular complexity index is 1010. The van der Waals surface area contributed by atoms with E-state index in [9.17, 15) is 4.79 Å². The van der Waals surface area contributed by atoms with Gasteiger partial charge in [0.15, 0.2) is 11.0 Å². The van der Waals surface area contributed by atoms with Gasteiger partial charge >= 0.3 is 0 Å². The van der Waals surface area contributed by atoms with Crippen LogP contribution in [0.5, 0.6) is 0 Å². The molecule has 1 saturated heterocycles. The summed E-state index contributed by atoms with van der Waals surface area (Å²) in [5.41, 5.74) is 2.37. The van der Waals surface area contributed by atoms with Crippen molar-refractivity contribution in [3.63, 3.8) is 0 Å². The Kier molecular flexibility index (Phi) is 7.04. The van der Waals surface area contributed by atoms with Crippen LogP contribution in [-0.4, -0.2) is 44.4 Å². The SMILES string of the molecule is CC(C)(C)c1ccc(-c2nnc(SCC(=O)N3CCCCCC3)n2Cc2ccco2)cc1. The van der Waals surface area contributed by atoms with Gasteiger partial charge in [-0.2, -0.15) is 0 Å². The van der Waals surface area contributed by atoms with Crippen LogP contribution in [0.2, 0.25) is 0 Å². The average Bonchev–Trinajstić information content (AvgIpc) is 3.34. The topological polar surface area (TPSA) is 64.2 Å². The number of rotatable bonds is 6. The van der Waals surface area contributed by atoms with Crippen molar-refractivity contribution in [2.24, 2.45) is 0 Å². The van der Waals surface area contributed by atoms with E-state index < -0.39 is 0 Å². The van der Waals surface area contributed by atoms with Gasteiger partial charge in [-0.25, -0.2) is 0 Å². The maximum Gasteiger partial charge on any atom is 0.233 e. The number of carbonyl (C=O) groups is 1. The molecular formula is C25H32N4O2S. The van der Waals surface area contributed by atoms with Crippen molar-refractivity contribution in [2.45, 2.75) is 63.6 Å². The molecule has 4 rings (SSSR count). The van der Waals surface area contributed by atoms with Gasteiger partial charge in [-0.15, -0.1) is 10.2 Å². The molecule has 1 aromatic carbocycles. The molecule has 0 atom stereocenters. The largest absolute Gasteiger partial charge is 0.467 e. The minimum atomic E-state index is 0.0923. The molecule has 3 heterocycles. The molecule has 3 aromatic rings. The third-order valence-corrected chi connectivity index (χ3v) is 6.86. The van der Waals surface area contributed by atoms with E-state index in [4.69, 9.17) is 4.42 Å². The molecule has 1 aliphatic rings. The van der Waals surface area contributed by atoms with Gasteiger partial charge in [-0.3, -0.25) is 9.36 Å². The first kappa shape index (κ1) is 22.6. The number of aromatic nitrogens is 3. The summed E-state index contributed by atoms with van der Waals surface area (Å²) in [5, 5.41) is 9.67. The molecule has 0 radical (unpaired) electrons. The van der Waals surface area contributed by atoms with Gasteiger partial charge < -0.3 is 9.32 Å². The maximum absolute atomic E-state index is 12.8. The number of carbonyl (C=O) groups excluding carboxylic acids is 1. The number of hydrogen-bond acceptors (Lipinski definition) is 5. The molecule has 0 spiro atoms. The van der Waals surface area contributed by atoms with Gasteiger partial charge in [-0.1, -0.05) is 69.6 Å². The van der Waals surface area contributed by atoms with Crippen molar-refractivity contribution in [1.29, 1.82) is 0 Å². The second-order valence-electron chi connectivity index (χ2n) is 9.38. The summed E-state index contributed by atoms with van der Waals surface area (Å²) < 4.78 is 7.64. The Balaban J connectivity index is 1.55. The number of hydrogen-bond donors (Lipinski definition) is 0. The molecule has 1 aliphatic heterocycles. The summed E-state index contributed by atoms with van der Waals surface area (Å²) in [6, 6.07) is 12.3. The molecule has 2 aromatic heterocycles. The van der Waals surface area contributed by atoms with Gasteiger partial charge in [0, 0.05) is 18.7 Å². The minimum absolute atomic E-state index is 0.0923. The summed E-state index contributed by atoms with van der Waals surface area (Å²) in [7, 11) is 0. The first-order valence-corrected chi connectivity index (χ1v) is 12.4. The zero-order valence-electron chi connectivity index (χ0n) is 19.2. The van der Waals surface area contributed by atoms with Crippen LogP contribution in [0, 0.1) is 0 Å². The van der Waals surface area contributed by atoms with E-state index in [1.165, 1.54) is 30.2 Å². The van der Waals surface area contributed by atoms with Gasteiger partial charge in [0.05, 0.1) is 18.6 Å². The Labute approximate surface area is 194 Å². The average molecular weight is 453 g/mol. The smallest absolute Gasteiger partial charge is 0.233 e. The molecule has 32 heavy (non-hydrogen) atoms. The van der Waals surface area contributed by atoms with Crippen LogP contribution in [0.4, 0.5) is 0 Å². The van der Waals surface area contributed by atoms with Crippen LogP contribution < -0.4 is 0 Å². The summed E-state index contributed by atoms with van der Waals surface area (Å²) >= 11 is 1.46. The number of amides is 1. The monoisotopic (exact) mass is 452 g/mol. The summed E-state index contributed by atoms with van der Waals surface area (Å²) in [6.07, 6.45) is 6.30. The van der Waals surface area contributed by atoms with Gasteiger partial charge in [0.1, 0.15) is 5.76 Å². The second-order valence-corrected chi connectivity index (χ2v) is 10.3. The zero-order valence-corrected chi connectivity index (χ0v) is 20.0.